The topological polar surface area (TPSA) is 110 Å². The first-order valence-electron chi connectivity index (χ1n) is 11.1. The van der Waals surface area contributed by atoms with Crippen molar-refractivity contribution in [2.24, 2.45) is 0 Å². The Balaban J connectivity index is 1.96. The van der Waals surface area contributed by atoms with Gasteiger partial charge in [0, 0.05) is 0 Å². The Kier molecular flexibility index (Phi) is 8.56. The Morgan fingerprint density at radius 1 is 0.971 bits per heavy atom. The van der Waals surface area contributed by atoms with Crippen LogP contribution in [0.2, 0.25) is 0 Å². The molecule has 0 radical (unpaired) electrons. The van der Waals surface area contributed by atoms with E-state index in [1.165, 1.54) is 14.2 Å². The van der Waals surface area contributed by atoms with E-state index >= 15 is 0 Å². The second-order valence-electron chi connectivity index (χ2n) is 7.54. The number of pyridine rings is 1. The lowest BCUT2D eigenvalue weighted by Gasteiger charge is -2.19. The van der Waals surface area contributed by atoms with Crippen LogP contribution in [0.1, 0.15) is 35.8 Å². The largest absolute Gasteiger partial charge is 0.506 e. The molecule has 180 valence electrons. The first kappa shape index (κ1) is 24.7. The highest BCUT2D eigenvalue weighted by molar-refractivity contribution is 6.02. The number of benzene rings is 2. The Bertz CT molecular complexity index is 1100. The average Bonchev–Trinajstić information content (AvgIpc) is 2.85. The van der Waals surface area contributed by atoms with Crippen molar-refractivity contribution < 1.29 is 29.2 Å². The molecule has 0 aliphatic rings. The number of carbonyl (C=O) groups is 1. The Morgan fingerprint density at radius 2 is 1.65 bits per heavy atom. The number of nitrogens with one attached hydrogen (secondary N) is 1. The standard InChI is InChI=1S/C26H30N2O6/c1-4-5-12-18-21(22-19(32-2)13-9-14-20(22)33-3)24(29)23(26(31)28-18)25(30)27-15-16-34-17-10-7-6-8-11-17/h6-11,13-14H,4-5,12,15-16H2,1-3H3,(H,27,30)(H2,28,29,31). The van der Waals surface area contributed by atoms with E-state index < -0.39 is 11.8 Å². The van der Waals surface area contributed by atoms with Crippen molar-refractivity contribution in [3.8, 4) is 40.0 Å². The lowest BCUT2D eigenvalue weighted by molar-refractivity contribution is 0.0940. The van der Waals surface area contributed by atoms with Gasteiger partial charge in [-0.05, 0) is 37.1 Å². The molecule has 3 aromatic rings. The highest BCUT2D eigenvalue weighted by Crippen LogP contribution is 2.47. The van der Waals surface area contributed by atoms with Gasteiger partial charge in [0.2, 0.25) is 5.88 Å². The van der Waals surface area contributed by atoms with Gasteiger partial charge in [-0.1, -0.05) is 37.6 Å². The van der Waals surface area contributed by atoms with E-state index in [9.17, 15) is 15.0 Å². The van der Waals surface area contributed by atoms with Crippen LogP contribution in [0.5, 0.6) is 28.9 Å². The number of aryl methyl sites for hydroxylation is 1. The molecule has 0 saturated carbocycles. The number of rotatable bonds is 11. The average molecular weight is 467 g/mol. The molecule has 0 atom stereocenters. The minimum Gasteiger partial charge on any atom is -0.506 e. The Morgan fingerprint density at radius 3 is 2.26 bits per heavy atom. The summed E-state index contributed by atoms with van der Waals surface area (Å²) in [5, 5.41) is 24.5. The summed E-state index contributed by atoms with van der Waals surface area (Å²) >= 11 is 0. The molecule has 0 spiro atoms. The molecule has 8 nitrogen and oxygen atoms in total. The third-order valence-corrected chi connectivity index (χ3v) is 5.30. The van der Waals surface area contributed by atoms with Crippen LogP contribution >= 0.6 is 0 Å². The van der Waals surface area contributed by atoms with Crippen molar-refractivity contribution in [3.63, 3.8) is 0 Å². The smallest absolute Gasteiger partial charge is 0.260 e. The van der Waals surface area contributed by atoms with Gasteiger partial charge in [0.15, 0.2) is 0 Å². The first-order chi connectivity index (χ1) is 16.5. The van der Waals surface area contributed by atoms with Crippen LogP contribution < -0.4 is 19.5 Å². The minimum atomic E-state index is -0.670. The predicted molar refractivity (Wildman–Crippen MR) is 129 cm³/mol. The van der Waals surface area contributed by atoms with Crippen molar-refractivity contribution >= 4 is 5.91 Å². The summed E-state index contributed by atoms with van der Waals surface area (Å²) in [5.74, 6) is -0.0261. The molecule has 34 heavy (non-hydrogen) atoms. The van der Waals surface area contributed by atoms with E-state index in [2.05, 4.69) is 10.3 Å². The zero-order valence-corrected chi connectivity index (χ0v) is 19.6. The maximum absolute atomic E-state index is 12.9. The Hall–Kier alpha value is -3.94. The molecule has 1 aromatic heterocycles. The van der Waals surface area contributed by atoms with Crippen LogP contribution in [0.3, 0.4) is 0 Å². The second kappa shape index (κ2) is 11.8. The number of unbranched alkanes of at least 4 members (excludes halogenated alkanes) is 1. The predicted octanol–water partition coefficient (Wildman–Crippen LogP) is 4.33. The number of hydrogen-bond acceptors (Lipinski definition) is 7. The van der Waals surface area contributed by atoms with E-state index in [1.807, 2.05) is 37.3 Å². The Labute approximate surface area is 199 Å². The molecule has 0 aliphatic carbocycles. The van der Waals surface area contributed by atoms with Gasteiger partial charge < -0.3 is 29.7 Å². The van der Waals surface area contributed by atoms with Crippen LogP contribution in [0, 0.1) is 0 Å². The van der Waals surface area contributed by atoms with Gasteiger partial charge in [0.1, 0.15) is 35.2 Å². The van der Waals surface area contributed by atoms with Gasteiger partial charge in [0.05, 0.1) is 37.6 Å². The molecule has 0 bridgehead atoms. The SMILES string of the molecule is CCCCc1nc(O)c(C(=O)NCCOc2ccccc2)c(O)c1-c1c(OC)cccc1OC. The lowest BCUT2D eigenvalue weighted by Crippen LogP contribution is -2.28. The monoisotopic (exact) mass is 466 g/mol. The number of carbonyl (C=O) groups excluding carboxylic acids is 1. The van der Waals surface area contributed by atoms with Gasteiger partial charge in [-0.25, -0.2) is 4.98 Å². The number of aromatic nitrogens is 1. The third-order valence-electron chi connectivity index (χ3n) is 5.30. The second-order valence-corrected chi connectivity index (χ2v) is 7.54. The normalized spacial score (nSPS) is 10.6. The van der Waals surface area contributed by atoms with E-state index in [1.54, 1.807) is 18.2 Å². The van der Waals surface area contributed by atoms with Crippen molar-refractivity contribution in [3.05, 3.63) is 59.8 Å². The maximum atomic E-state index is 12.9. The van der Waals surface area contributed by atoms with Crippen LogP contribution in [-0.4, -0.2) is 48.5 Å². The molecule has 3 N–H and O–H groups in total. The molecular weight excluding hydrogens is 436 g/mol. The summed E-state index contributed by atoms with van der Waals surface area (Å²) in [6.45, 7) is 2.41. The maximum Gasteiger partial charge on any atom is 0.260 e. The number of nitrogens with zero attached hydrogens (tertiary/aromatic N) is 1. The number of hydrogen-bond donors (Lipinski definition) is 3. The highest BCUT2D eigenvalue weighted by Gasteiger charge is 2.28. The summed E-state index contributed by atoms with van der Waals surface area (Å²) in [4.78, 5) is 17.2. The number of para-hydroxylation sites is 1. The number of aromatic hydroxyl groups is 2. The van der Waals surface area contributed by atoms with Crippen molar-refractivity contribution in [1.82, 2.24) is 10.3 Å². The van der Waals surface area contributed by atoms with Gasteiger partial charge in [0.25, 0.3) is 5.91 Å². The summed E-state index contributed by atoms with van der Waals surface area (Å²) in [6, 6.07) is 14.4. The molecule has 0 unspecified atom stereocenters. The van der Waals surface area contributed by atoms with Gasteiger partial charge >= 0.3 is 0 Å². The summed E-state index contributed by atoms with van der Waals surface area (Å²) < 4.78 is 16.6. The number of ether oxygens (including phenoxy) is 3. The summed E-state index contributed by atoms with van der Waals surface area (Å²) in [7, 11) is 3.02. The molecule has 1 heterocycles. The lowest BCUT2D eigenvalue weighted by atomic mass is 9.95. The fourth-order valence-corrected chi connectivity index (χ4v) is 3.64. The van der Waals surface area contributed by atoms with Crippen molar-refractivity contribution in [2.75, 3.05) is 27.4 Å². The number of amides is 1. The molecule has 0 fully saturated rings. The minimum absolute atomic E-state index is 0.164. The highest BCUT2D eigenvalue weighted by atomic mass is 16.5. The van der Waals surface area contributed by atoms with Gasteiger partial charge in [-0.2, -0.15) is 0 Å². The summed E-state index contributed by atoms with van der Waals surface area (Å²) in [6.07, 6.45) is 2.15. The van der Waals surface area contributed by atoms with E-state index in [0.29, 0.717) is 40.5 Å². The molecule has 2 aromatic carbocycles. The van der Waals surface area contributed by atoms with Crippen LogP contribution in [0.15, 0.2) is 48.5 Å². The molecule has 1 amide bonds. The zero-order valence-electron chi connectivity index (χ0n) is 19.6. The zero-order chi connectivity index (χ0) is 24.5. The van der Waals surface area contributed by atoms with E-state index in [0.717, 1.165) is 12.8 Å². The fraction of sp³-hybridized carbons (Fsp3) is 0.308. The van der Waals surface area contributed by atoms with Crippen LogP contribution in [-0.2, 0) is 6.42 Å². The molecular formula is C26H30N2O6. The fourth-order valence-electron chi connectivity index (χ4n) is 3.64. The van der Waals surface area contributed by atoms with E-state index in [4.69, 9.17) is 14.2 Å². The van der Waals surface area contributed by atoms with Gasteiger partial charge in [-0.15, -0.1) is 0 Å². The van der Waals surface area contributed by atoms with Crippen LogP contribution in [0.4, 0.5) is 0 Å². The third kappa shape index (κ3) is 5.51. The first-order valence-corrected chi connectivity index (χ1v) is 11.1. The molecule has 3 rings (SSSR count). The van der Waals surface area contributed by atoms with E-state index in [-0.39, 0.29) is 24.5 Å². The van der Waals surface area contributed by atoms with Crippen LogP contribution in [0.25, 0.3) is 11.1 Å². The summed E-state index contributed by atoms with van der Waals surface area (Å²) in [5.41, 5.74) is 0.892. The molecule has 0 saturated heterocycles. The molecule has 0 aliphatic heterocycles. The van der Waals surface area contributed by atoms with Crippen molar-refractivity contribution in [2.45, 2.75) is 26.2 Å². The van der Waals surface area contributed by atoms with Crippen molar-refractivity contribution in [1.29, 1.82) is 0 Å². The number of methoxy groups -OCH3 is 2. The quantitative estimate of drug-likeness (QED) is 0.361. The molecule has 8 heteroatoms. The van der Waals surface area contributed by atoms with Gasteiger partial charge in [-0.3, -0.25) is 4.79 Å².